The van der Waals surface area contributed by atoms with Gasteiger partial charge < -0.3 is 0 Å². The van der Waals surface area contributed by atoms with Crippen molar-refractivity contribution in [2.45, 2.75) is 4.83 Å². The third-order valence-corrected chi connectivity index (χ3v) is 6.59. The van der Waals surface area contributed by atoms with Gasteiger partial charge in [-0.1, -0.05) is 39.7 Å². The van der Waals surface area contributed by atoms with Crippen molar-refractivity contribution >= 4 is 77.4 Å². The van der Waals surface area contributed by atoms with Gasteiger partial charge in [0.25, 0.3) is 0 Å². The molecule has 0 aliphatic rings. The van der Waals surface area contributed by atoms with Gasteiger partial charge in [0.2, 0.25) is 0 Å². The highest BCUT2D eigenvalue weighted by molar-refractivity contribution is 14.1. The molecule has 0 bridgehead atoms. The Morgan fingerprint density at radius 2 is 2.06 bits per heavy atom. The molecule has 5 heteroatoms. The molecule has 0 saturated heterocycles. The first-order valence-corrected chi connectivity index (χ1v) is 8.40. The van der Waals surface area contributed by atoms with Crippen LogP contribution in [0.1, 0.15) is 15.3 Å². The number of rotatable bonds is 2. The zero-order chi connectivity index (χ0) is 11.7. The molecular weight excluding hydrogens is 486 g/mol. The summed E-state index contributed by atoms with van der Waals surface area (Å²) in [6.45, 7) is 0. The second kappa shape index (κ2) is 5.69. The quantitative estimate of drug-likeness (QED) is 0.343. The molecule has 2 aromatic rings. The summed E-state index contributed by atoms with van der Waals surface area (Å²) in [5.74, 6) is 0. The SMILES string of the molecule is Clc1sc(C(Br)c2cccc(I)c2)cc1Br. The average molecular weight is 492 g/mol. The molecule has 0 aliphatic carbocycles. The topological polar surface area (TPSA) is 0 Å². The molecule has 0 spiro atoms. The predicted octanol–water partition coefficient (Wildman–Crippen LogP) is 6.25. The lowest BCUT2D eigenvalue weighted by Crippen LogP contribution is -1.89. The maximum atomic E-state index is 6.04. The summed E-state index contributed by atoms with van der Waals surface area (Å²) in [7, 11) is 0. The van der Waals surface area contributed by atoms with Crippen molar-refractivity contribution in [1.82, 2.24) is 0 Å². The van der Waals surface area contributed by atoms with E-state index in [1.54, 1.807) is 11.3 Å². The molecule has 16 heavy (non-hydrogen) atoms. The molecule has 0 fully saturated rings. The first-order valence-electron chi connectivity index (χ1n) is 4.42. The predicted molar refractivity (Wildman–Crippen MR) is 87.0 cm³/mol. The van der Waals surface area contributed by atoms with Gasteiger partial charge in [-0.05, 0) is 62.3 Å². The van der Waals surface area contributed by atoms with Gasteiger partial charge in [0.1, 0.15) is 4.34 Å². The molecule has 0 N–H and O–H groups in total. The first kappa shape index (κ1) is 13.3. The Morgan fingerprint density at radius 3 is 2.62 bits per heavy atom. The fourth-order valence-corrected chi connectivity index (χ4v) is 4.32. The Kier molecular flexibility index (Phi) is 4.74. The number of benzene rings is 1. The lowest BCUT2D eigenvalue weighted by Gasteiger charge is -2.07. The third-order valence-electron chi connectivity index (χ3n) is 2.06. The van der Waals surface area contributed by atoms with Crippen LogP contribution in [0.5, 0.6) is 0 Å². The van der Waals surface area contributed by atoms with Crippen LogP contribution in [-0.4, -0.2) is 0 Å². The summed E-state index contributed by atoms with van der Waals surface area (Å²) >= 11 is 17.1. The van der Waals surface area contributed by atoms with E-state index in [9.17, 15) is 0 Å². The van der Waals surface area contributed by atoms with Gasteiger partial charge >= 0.3 is 0 Å². The molecule has 0 aliphatic heterocycles. The number of hydrogen-bond acceptors (Lipinski definition) is 1. The summed E-state index contributed by atoms with van der Waals surface area (Å²) in [4.78, 5) is 1.41. The zero-order valence-corrected chi connectivity index (χ0v) is 14.8. The fraction of sp³-hybridized carbons (Fsp3) is 0.0909. The first-order chi connectivity index (χ1) is 7.58. The van der Waals surface area contributed by atoms with Crippen molar-refractivity contribution in [3.8, 4) is 0 Å². The minimum atomic E-state index is 0.205. The molecule has 2 rings (SSSR count). The molecule has 0 saturated carbocycles. The molecule has 0 nitrogen and oxygen atoms in total. The molecule has 1 atom stereocenters. The van der Waals surface area contributed by atoms with E-state index in [0.717, 1.165) is 8.81 Å². The van der Waals surface area contributed by atoms with Crippen LogP contribution in [0.3, 0.4) is 0 Å². The van der Waals surface area contributed by atoms with Gasteiger partial charge in [-0.2, -0.15) is 0 Å². The number of alkyl halides is 1. The minimum absolute atomic E-state index is 0.205. The Balaban J connectivity index is 2.35. The van der Waals surface area contributed by atoms with E-state index >= 15 is 0 Å². The number of halogens is 4. The average Bonchev–Trinajstić information content (AvgIpc) is 2.58. The highest BCUT2D eigenvalue weighted by Gasteiger charge is 2.15. The zero-order valence-electron chi connectivity index (χ0n) is 7.88. The van der Waals surface area contributed by atoms with E-state index < -0.39 is 0 Å². The summed E-state index contributed by atoms with van der Waals surface area (Å²) in [5, 5.41) is 0. The van der Waals surface area contributed by atoms with Gasteiger partial charge in [-0.15, -0.1) is 11.3 Å². The summed E-state index contributed by atoms with van der Waals surface area (Å²) in [6.07, 6.45) is 0. The van der Waals surface area contributed by atoms with E-state index in [1.807, 2.05) is 0 Å². The van der Waals surface area contributed by atoms with Crippen LogP contribution in [0.25, 0.3) is 0 Å². The van der Waals surface area contributed by atoms with Crippen LogP contribution in [0.15, 0.2) is 34.8 Å². The van der Waals surface area contributed by atoms with Gasteiger partial charge in [0.05, 0.1) is 4.83 Å². The van der Waals surface area contributed by atoms with Gasteiger partial charge in [0.15, 0.2) is 0 Å². The fourth-order valence-electron chi connectivity index (χ4n) is 1.32. The number of hydrogen-bond donors (Lipinski definition) is 0. The van der Waals surface area contributed by atoms with E-state index in [-0.39, 0.29) is 4.83 Å². The minimum Gasteiger partial charge on any atom is -0.126 e. The van der Waals surface area contributed by atoms with E-state index in [4.69, 9.17) is 11.6 Å². The summed E-state index contributed by atoms with van der Waals surface area (Å²) in [6, 6.07) is 10.5. The number of thiophene rings is 1. The van der Waals surface area contributed by atoms with Crippen LogP contribution < -0.4 is 0 Å². The highest BCUT2D eigenvalue weighted by atomic mass is 127. The van der Waals surface area contributed by atoms with Crippen molar-refractivity contribution in [3.05, 3.63) is 53.2 Å². The van der Waals surface area contributed by atoms with Gasteiger partial charge in [-0.3, -0.25) is 0 Å². The van der Waals surface area contributed by atoms with E-state index in [1.165, 1.54) is 14.0 Å². The molecule has 1 heterocycles. The Hall–Kier alpha value is 0.900. The van der Waals surface area contributed by atoms with Crippen molar-refractivity contribution < 1.29 is 0 Å². The van der Waals surface area contributed by atoms with E-state index in [0.29, 0.717) is 0 Å². The van der Waals surface area contributed by atoms with Crippen LogP contribution in [0, 0.1) is 3.57 Å². The van der Waals surface area contributed by atoms with E-state index in [2.05, 4.69) is 84.8 Å². The second-order valence-corrected chi connectivity index (χ2v) is 7.89. The van der Waals surface area contributed by atoms with Gasteiger partial charge in [-0.25, -0.2) is 0 Å². The second-order valence-electron chi connectivity index (χ2n) is 3.19. The maximum Gasteiger partial charge on any atom is 0.107 e. The van der Waals surface area contributed by atoms with Gasteiger partial charge in [0, 0.05) is 12.9 Å². The Morgan fingerprint density at radius 1 is 1.31 bits per heavy atom. The van der Waals surface area contributed by atoms with Crippen molar-refractivity contribution in [2.24, 2.45) is 0 Å². The molecule has 84 valence electrons. The molecule has 1 aromatic heterocycles. The summed E-state index contributed by atoms with van der Waals surface area (Å²) < 4.78 is 3.00. The Labute approximate surface area is 134 Å². The normalized spacial score (nSPS) is 12.8. The lowest BCUT2D eigenvalue weighted by molar-refractivity contribution is 1.22. The van der Waals surface area contributed by atoms with Crippen LogP contribution >= 0.6 is 77.4 Å². The maximum absolute atomic E-state index is 6.04. The monoisotopic (exact) mass is 490 g/mol. The largest absolute Gasteiger partial charge is 0.126 e. The Bertz CT molecular complexity index is 493. The van der Waals surface area contributed by atoms with Crippen LogP contribution in [0.4, 0.5) is 0 Å². The summed E-state index contributed by atoms with van der Waals surface area (Å²) in [5.41, 5.74) is 1.25. The molecule has 0 amide bonds. The van der Waals surface area contributed by atoms with Crippen LogP contribution in [-0.2, 0) is 0 Å². The third kappa shape index (κ3) is 3.02. The molecule has 1 unspecified atom stereocenters. The van der Waals surface area contributed by atoms with Crippen molar-refractivity contribution in [3.63, 3.8) is 0 Å². The molecule has 1 aromatic carbocycles. The van der Waals surface area contributed by atoms with Crippen molar-refractivity contribution in [1.29, 1.82) is 0 Å². The molecule has 0 radical (unpaired) electrons. The standard InChI is InChI=1S/C11H6Br2ClIS/c12-8-5-9(16-11(8)14)10(13)6-2-1-3-7(15)4-6/h1-5,10H. The lowest BCUT2D eigenvalue weighted by atomic mass is 10.1. The molecular formula is C11H6Br2ClIS. The highest BCUT2D eigenvalue weighted by Crippen LogP contribution is 2.41. The smallest absolute Gasteiger partial charge is 0.107 e. The van der Waals surface area contributed by atoms with Crippen molar-refractivity contribution in [2.75, 3.05) is 0 Å². The van der Waals surface area contributed by atoms with Crippen LogP contribution in [0.2, 0.25) is 4.34 Å².